The molecule has 3 aliphatic rings. The second kappa shape index (κ2) is 7.57. The van der Waals surface area contributed by atoms with Crippen LogP contribution in [-0.4, -0.2) is 72.4 Å². The highest BCUT2D eigenvalue weighted by Gasteiger charge is 2.43. The molecule has 6 heteroatoms. The average molecular weight is 337 g/mol. The molecule has 0 spiro atoms. The summed E-state index contributed by atoms with van der Waals surface area (Å²) in [4.78, 5) is 9.51. The summed E-state index contributed by atoms with van der Waals surface area (Å²) in [6.45, 7) is 7.22. The van der Waals surface area contributed by atoms with E-state index in [9.17, 15) is 0 Å². The van der Waals surface area contributed by atoms with E-state index in [1.807, 2.05) is 6.20 Å². The molecule has 2 aliphatic heterocycles. The Labute approximate surface area is 142 Å². The Kier molecular flexibility index (Phi) is 5.26. The summed E-state index contributed by atoms with van der Waals surface area (Å²) in [7, 11) is 0. The second-order valence-corrected chi connectivity index (χ2v) is 7.81. The lowest BCUT2D eigenvalue weighted by molar-refractivity contribution is -0.116. The lowest BCUT2D eigenvalue weighted by Gasteiger charge is -2.38. The van der Waals surface area contributed by atoms with Crippen LogP contribution in [-0.2, 0) is 16.0 Å². The van der Waals surface area contributed by atoms with Gasteiger partial charge in [0.05, 0.1) is 32.0 Å². The predicted octanol–water partition coefficient (Wildman–Crippen LogP) is 1.99. The van der Waals surface area contributed by atoms with Gasteiger partial charge >= 0.3 is 0 Å². The fourth-order valence-electron chi connectivity index (χ4n) is 4.21. The van der Waals surface area contributed by atoms with E-state index in [1.54, 1.807) is 11.3 Å². The average Bonchev–Trinajstić information content (AvgIpc) is 3.30. The lowest BCUT2D eigenvalue weighted by Crippen LogP contribution is -2.51. The van der Waals surface area contributed by atoms with E-state index in [4.69, 9.17) is 9.47 Å². The first kappa shape index (κ1) is 16.0. The smallest absolute Gasteiger partial charge is 0.107 e. The molecule has 0 amide bonds. The van der Waals surface area contributed by atoms with Gasteiger partial charge in [0, 0.05) is 30.7 Å². The van der Waals surface area contributed by atoms with E-state index in [0.29, 0.717) is 6.04 Å². The Hall–Kier alpha value is -0.530. The summed E-state index contributed by atoms with van der Waals surface area (Å²) in [6.07, 6.45) is 7.45. The number of hydrogen-bond acceptors (Lipinski definition) is 6. The van der Waals surface area contributed by atoms with Crippen molar-refractivity contribution in [3.8, 4) is 0 Å². The van der Waals surface area contributed by atoms with Gasteiger partial charge in [-0.25, -0.2) is 4.98 Å². The number of thiazole rings is 1. The summed E-state index contributed by atoms with van der Waals surface area (Å²) in [5.74, 6) is 0. The maximum absolute atomic E-state index is 6.21. The third-order valence-electron chi connectivity index (χ3n) is 5.41. The zero-order valence-electron chi connectivity index (χ0n) is 13.7. The van der Waals surface area contributed by atoms with Crippen LogP contribution in [0.4, 0.5) is 0 Å². The van der Waals surface area contributed by atoms with Crippen LogP contribution in [0.5, 0.6) is 0 Å². The van der Waals surface area contributed by atoms with Crippen LogP contribution in [0.3, 0.4) is 0 Å². The number of morpholine rings is 1. The summed E-state index contributed by atoms with van der Waals surface area (Å²) >= 11 is 1.75. The molecule has 3 heterocycles. The molecule has 1 aromatic rings. The van der Waals surface area contributed by atoms with E-state index in [2.05, 4.69) is 20.2 Å². The fourth-order valence-corrected chi connectivity index (χ4v) is 4.85. The number of fused-ring (bicyclic) bond motifs is 1. The first-order chi connectivity index (χ1) is 11.4. The van der Waals surface area contributed by atoms with Gasteiger partial charge in [0.25, 0.3) is 0 Å². The molecule has 0 unspecified atom stereocenters. The van der Waals surface area contributed by atoms with Crippen molar-refractivity contribution in [2.75, 3.05) is 39.4 Å². The van der Waals surface area contributed by atoms with Gasteiger partial charge in [-0.05, 0) is 38.8 Å². The van der Waals surface area contributed by atoms with Crippen molar-refractivity contribution in [3.05, 3.63) is 16.6 Å². The van der Waals surface area contributed by atoms with Crippen molar-refractivity contribution in [1.82, 2.24) is 14.8 Å². The zero-order chi connectivity index (χ0) is 15.5. The van der Waals surface area contributed by atoms with Gasteiger partial charge in [0.15, 0.2) is 0 Å². The van der Waals surface area contributed by atoms with Crippen molar-refractivity contribution in [1.29, 1.82) is 0 Å². The number of nitrogens with zero attached hydrogens (tertiary/aromatic N) is 3. The van der Waals surface area contributed by atoms with Crippen LogP contribution < -0.4 is 0 Å². The number of aromatic nitrogens is 1. The zero-order valence-corrected chi connectivity index (χ0v) is 14.5. The number of hydrogen-bond donors (Lipinski definition) is 0. The van der Waals surface area contributed by atoms with Crippen LogP contribution in [0.25, 0.3) is 0 Å². The Morgan fingerprint density at radius 3 is 3.00 bits per heavy atom. The normalized spacial score (nSPS) is 32.4. The highest BCUT2D eigenvalue weighted by Crippen LogP contribution is 2.33. The minimum Gasteiger partial charge on any atom is -0.374 e. The SMILES string of the molecule is c1csc(CN2CCO[C@@H]3[C@@H](OCCN4CCCC4)CC[C@H]32)n1. The van der Waals surface area contributed by atoms with Gasteiger partial charge in [-0.3, -0.25) is 4.90 Å². The number of likely N-dealkylation sites (tertiary alicyclic amines) is 1. The quantitative estimate of drug-likeness (QED) is 0.794. The molecule has 0 bridgehead atoms. The Bertz CT molecular complexity index is 478. The largest absolute Gasteiger partial charge is 0.374 e. The van der Waals surface area contributed by atoms with Crippen molar-refractivity contribution in [3.63, 3.8) is 0 Å². The summed E-state index contributed by atoms with van der Waals surface area (Å²) < 4.78 is 12.3. The molecule has 5 nitrogen and oxygen atoms in total. The van der Waals surface area contributed by atoms with E-state index in [1.165, 1.54) is 37.4 Å². The van der Waals surface area contributed by atoms with Crippen LogP contribution in [0.15, 0.2) is 11.6 Å². The number of ether oxygens (including phenoxy) is 2. The summed E-state index contributed by atoms with van der Waals surface area (Å²) in [6, 6.07) is 0.504. The van der Waals surface area contributed by atoms with E-state index >= 15 is 0 Å². The lowest BCUT2D eigenvalue weighted by atomic mass is 10.1. The van der Waals surface area contributed by atoms with E-state index in [0.717, 1.165) is 39.3 Å². The summed E-state index contributed by atoms with van der Waals surface area (Å²) in [5.41, 5.74) is 0. The summed E-state index contributed by atoms with van der Waals surface area (Å²) in [5, 5.41) is 3.27. The van der Waals surface area contributed by atoms with Crippen LogP contribution in [0.2, 0.25) is 0 Å². The molecule has 0 N–H and O–H groups in total. The standard InChI is InChI=1S/C17H27N3O2S/c1-2-7-19(6-1)8-10-21-15-4-3-14-17(15)22-11-9-20(14)13-16-18-5-12-23-16/h5,12,14-15,17H,1-4,6-11,13H2/t14-,15+,17+/m1/s1. The number of rotatable bonds is 6. The third-order valence-corrected chi connectivity index (χ3v) is 6.17. The van der Waals surface area contributed by atoms with Crippen molar-refractivity contribution >= 4 is 11.3 Å². The molecule has 0 radical (unpaired) electrons. The highest BCUT2D eigenvalue weighted by atomic mass is 32.1. The molecule has 3 fully saturated rings. The molecule has 1 aromatic heterocycles. The van der Waals surface area contributed by atoms with E-state index in [-0.39, 0.29) is 12.2 Å². The Morgan fingerprint density at radius 1 is 1.26 bits per heavy atom. The van der Waals surface area contributed by atoms with Gasteiger partial charge in [0.2, 0.25) is 0 Å². The topological polar surface area (TPSA) is 37.8 Å². The van der Waals surface area contributed by atoms with Crippen LogP contribution in [0, 0.1) is 0 Å². The maximum Gasteiger partial charge on any atom is 0.107 e. The van der Waals surface area contributed by atoms with Gasteiger partial charge in [-0.1, -0.05) is 0 Å². The highest BCUT2D eigenvalue weighted by molar-refractivity contribution is 7.09. The fraction of sp³-hybridized carbons (Fsp3) is 0.824. The molecule has 3 atom stereocenters. The van der Waals surface area contributed by atoms with Gasteiger partial charge < -0.3 is 14.4 Å². The molecule has 0 aromatic carbocycles. The minimum absolute atomic E-state index is 0.252. The molecule has 2 saturated heterocycles. The van der Waals surface area contributed by atoms with E-state index < -0.39 is 0 Å². The molecular formula is C17H27N3O2S. The van der Waals surface area contributed by atoms with Crippen molar-refractivity contribution < 1.29 is 9.47 Å². The molecular weight excluding hydrogens is 310 g/mol. The van der Waals surface area contributed by atoms with Gasteiger partial charge in [0.1, 0.15) is 5.01 Å². The first-order valence-corrected chi connectivity index (χ1v) is 9.86. The minimum atomic E-state index is 0.252. The van der Waals surface area contributed by atoms with Crippen molar-refractivity contribution in [2.45, 2.75) is 50.5 Å². The van der Waals surface area contributed by atoms with Crippen LogP contribution in [0.1, 0.15) is 30.7 Å². The molecule has 1 aliphatic carbocycles. The predicted molar refractivity (Wildman–Crippen MR) is 90.7 cm³/mol. The Balaban J connectivity index is 1.28. The monoisotopic (exact) mass is 337 g/mol. The first-order valence-electron chi connectivity index (χ1n) is 8.98. The molecule has 128 valence electrons. The van der Waals surface area contributed by atoms with Crippen molar-refractivity contribution in [2.24, 2.45) is 0 Å². The molecule has 1 saturated carbocycles. The molecule has 23 heavy (non-hydrogen) atoms. The van der Waals surface area contributed by atoms with Gasteiger partial charge in [-0.2, -0.15) is 0 Å². The Morgan fingerprint density at radius 2 is 2.17 bits per heavy atom. The second-order valence-electron chi connectivity index (χ2n) is 6.83. The van der Waals surface area contributed by atoms with Crippen LogP contribution >= 0.6 is 11.3 Å². The van der Waals surface area contributed by atoms with Gasteiger partial charge in [-0.15, -0.1) is 11.3 Å². The molecule has 4 rings (SSSR count). The maximum atomic E-state index is 6.21. The third kappa shape index (κ3) is 3.77.